The highest BCUT2D eigenvalue weighted by atomic mass is 32.1. The maximum atomic E-state index is 13.2. The molecule has 0 bridgehead atoms. The molecule has 1 fully saturated rings. The van der Waals surface area contributed by atoms with Crippen molar-refractivity contribution in [2.75, 3.05) is 25.5 Å². The van der Waals surface area contributed by atoms with Crippen molar-refractivity contribution in [1.29, 1.82) is 0 Å². The Morgan fingerprint density at radius 3 is 2.49 bits per heavy atom. The van der Waals surface area contributed by atoms with E-state index in [0.717, 1.165) is 17.4 Å². The Morgan fingerprint density at radius 1 is 1.09 bits per heavy atom. The summed E-state index contributed by atoms with van der Waals surface area (Å²) in [7, 11) is 1.57. The number of likely N-dealkylation sites (tertiary alicyclic amines) is 1. The standard InChI is InChI=1S/C25H30N4O5S/c1-17-9-13-27(14-10-17)22(31)16-29-20-11-15-35-23(20)24(32)28(25(29)33)12-3-4-21(30)26-18-5-7-19(34-2)8-6-18/h5-8,11,15,17H,3-4,9-10,12-14,16H2,1-2H3,(H,26,30). The van der Waals surface area contributed by atoms with E-state index in [0.29, 0.717) is 47.1 Å². The number of rotatable bonds is 8. The van der Waals surface area contributed by atoms with Gasteiger partial charge in [0.25, 0.3) is 5.56 Å². The lowest BCUT2D eigenvalue weighted by atomic mass is 9.99. The van der Waals surface area contributed by atoms with E-state index < -0.39 is 5.69 Å². The molecule has 3 aromatic rings. The van der Waals surface area contributed by atoms with E-state index >= 15 is 0 Å². The van der Waals surface area contributed by atoms with Gasteiger partial charge in [-0.25, -0.2) is 4.79 Å². The van der Waals surface area contributed by atoms with Gasteiger partial charge in [-0.1, -0.05) is 6.92 Å². The number of benzene rings is 1. The summed E-state index contributed by atoms with van der Waals surface area (Å²) < 4.78 is 8.08. The third-order valence-electron chi connectivity index (χ3n) is 6.43. The maximum Gasteiger partial charge on any atom is 0.332 e. The molecule has 1 aliphatic rings. The number of amides is 2. The molecule has 0 unspecified atom stereocenters. The van der Waals surface area contributed by atoms with Crippen molar-refractivity contribution in [3.8, 4) is 5.75 Å². The van der Waals surface area contributed by atoms with Gasteiger partial charge < -0.3 is 15.0 Å². The number of hydrogen-bond acceptors (Lipinski definition) is 6. The van der Waals surface area contributed by atoms with Crippen LogP contribution >= 0.6 is 11.3 Å². The Hall–Kier alpha value is -3.40. The number of ether oxygens (including phenoxy) is 1. The first-order valence-corrected chi connectivity index (χ1v) is 12.7. The second kappa shape index (κ2) is 10.9. The summed E-state index contributed by atoms with van der Waals surface area (Å²) in [6, 6.07) is 8.69. The van der Waals surface area contributed by atoms with E-state index in [-0.39, 0.29) is 36.9 Å². The van der Waals surface area contributed by atoms with Crippen molar-refractivity contribution in [1.82, 2.24) is 14.0 Å². The number of fused-ring (bicyclic) bond motifs is 1. The zero-order chi connectivity index (χ0) is 24.9. The van der Waals surface area contributed by atoms with E-state index in [9.17, 15) is 19.2 Å². The van der Waals surface area contributed by atoms with Crippen LogP contribution in [0.4, 0.5) is 5.69 Å². The van der Waals surface area contributed by atoms with E-state index in [2.05, 4.69) is 12.2 Å². The fraction of sp³-hybridized carbons (Fsp3) is 0.440. The van der Waals surface area contributed by atoms with Gasteiger partial charge in [0.05, 0.1) is 12.6 Å². The van der Waals surface area contributed by atoms with E-state index in [4.69, 9.17) is 4.74 Å². The molecule has 3 heterocycles. The number of methoxy groups -OCH3 is 1. The third-order valence-corrected chi connectivity index (χ3v) is 7.32. The van der Waals surface area contributed by atoms with Gasteiger partial charge in [-0.2, -0.15) is 0 Å². The van der Waals surface area contributed by atoms with Crippen LogP contribution in [0, 0.1) is 5.92 Å². The van der Waals surface area contributed by atoms with Crippen molar-refractivity contribution in [2.24, 2.45) is 5.92 Å². The zero-order valence-corrected chi connectivity index (χ0v) is 20.8. The highest BCUT2D eigenvalue weighted by Gasteiger charge is 2.23. The molecular formula is C25H30N4O5S. The molecule has 0 radical (unpaired) electrons. The molecule has 9 nitrogen and oxygen atoms in total. The Kier molecular flexibility index (Phi) is 7.70. The first-order valence-electron chi connectivity index (χ1n) is 11.8. The van der Waals surface area contributed by atoms with Gasteiger partial charge in [-0.3, -0.25) is 23.5 Å². The van der Waals surface area contributed by atoms with Crippen LogP contribution in [0.15, 0.2) is 45.3 Å². The molecule has 35 heavy (non-hydrogen) atoms. The fourth-order valence-corrected chi connectivity index (χ4v) is 5.12. The minimum atomic E-state index is -0.518. The summed E-state index contributed by atoms with van der Waals surface area (Å²) in [5, 5.41) is 4.55. The van der Waals surface area contributed by atoms with Gasteiger partial charge in [0.2, 0.25) is 11.8 Å². The Labute approximate surface area is 206 Å². The van der Waals surface area contributed by atoms with Crippen LogP contribution < -0.4 is 21.3 Å². The average Bonchev–Trinajstić information content (AvgIpc) is 3.35. The van der Waals surface area contributed by atoms with Crippen molar-refractivity contribution in [3.63, 3.8) is 0 Å². The summed E-state index contributed by atoms with van der Waals surface area (Å²) >= 11 is 1.25. The monoisotopic (exact) mass is 498 g/mol. The molecular weight excluding hydrogens is 468 g/mol. The molecule has 4 rings (SSSR count). The number of carbonyl (C=O) groups excluding carboxylic acids is 2. The van der Waals surface area contributed by atoms with Crippen molar-refractivity contribution < 1.29 is 14.3 Å². The summed E-state index contributed by atoms with van der Waals surface area (Å²) in [5.41, 5.74) is 0.222. The molecule has 1 saturated heterocycles. The molecule has 10 heteroatoms. The largest absolute Gasteiger partial charge is 0.497 e. The lowest BCUT2D eigenvalue weighted by Gasteiger charge is -2.30. The van der Waals surface area contributed by atoms with E-state index in [1.54, 1.807) is 47.7 Å². The molecule has 1 aromatic carbocycles. The Morgan fingerprint density at radius 2 is 1.80 bits per heavy atom. The number of carbonyl (C=O) groups is 2. The number of nitrogens with zero attached hydrogens (tertiary/aromatic N) is 3. The molecule has 1 N–H and O–H groups in total. The van der Waals surface area contributed by atoms with Crippen molar-refractivity contribution in [3.05, 3.63) is 56.5 Å². The van der Waals surface area contributed by atoms with Crippen molar-refractivity contribution >= 4 is 39.1 Å². The number of aromatic nitrogens is 2. The van der Waals surface area contributed by atoms with Crippen LogP contribution in [0.1, 0.15) is 32.6 Å². The normalized spacial score (nSPS) is 14.3. The first kappa shape index (κ1) is 24.7. The van der Waals surface area contributed by atoms with Gasteiger partial charge in [0.15, 0.2) is 0 Å². The van der Waals surface area contributed by atoms with E-state index in [1.165, 1.54) is 15.9 Å². The number of thiophene rings is 1. The summed E-state index contributed by atoms with van der Waals surface area (Å²) in [6.45, 7) is 3.54. The minimum Gasteiger partial charge on any atom is -0.497 e. The van der Waals surface area contributed by atoms with Crippen LogP contribution in [0.5, 0.6) is 5.75 Å². The quantitative estimate of drug-likeness (QED) is 0.515. The molecule has 0 spiro atoms. The topological polar surface area (TPSA) is 103 Å². The van der Waals surface area contributed by atoms with Crippen LogP contribution in [0.3, 0.4) is 0 Å². The number of hydrogen-bond donors (Lipinski definition) is 1. The highest BCUT2D eigenvalue weighted by molar-refractivity contribution is 7.17. The minimum absolute atomic E-state index is 0.0942. The molecule has 0 atom stereocenters. The lowest BCUT2D eigenvalue weighted by molar-refractivity contribution is -0.133. The SMILES string of the molecule is COc1ccc(NC(=O)CCCn2c(=O)c3sccc3n(CC(=O)N3CCC(C)CC3)c2=O)cc1. The summed E-state index contributed by atoms with van der Waals surface area (Å²) in [6.07, 6.45) is 2.36. The predicted octanol–water partition coefficient (Wildman–Crippen LogP) is 2.91. The van der Waals surface area contributed by atoms with Gasteiger partial charge in [-0.15, -0.1) is 11.3 Å². The van der Waals surface area contributed by atoms with Crippen LogP contribution in [0.25, 0.3) is 10.2 Å². The zero-order valence-electron chi connectivity index (χ0n) is 20.0. The van der Waals surface area contributed by atoms with Crippen LogP contribution in [0.2, 0.25) is 0 Å². The number of nitrogens with one attached hydrogen (secondary N) is 1. The second-order valence-electron chi connectivity index (χ2n) is 8.90. The van der Waals surface area contributed by atoms with Gasteiger partial charge in [0.1, 0.15) is 17.0 Å². The van der Waals surface area contributed by atoms with Gasteiger partial charge >= 0.3 is 5.69 Å². The van der Waals surface area contributed by atoms with Gasteiger partial charge in [0, 0.05) is 31.7 Å². The summed E-state index contributed by atoms with van der Waals surface area (Å²) in [4.78, 5) is 53.3. The van der Waals surface area contributed by atoms with Crippen LogP contribution in [-0.4, -0.2) is 46.0 Å². The summed E-state index contributed by atoms with van der Waals surface area (Å²) in [5.74, 6) is 0.955. The van der Waals surface area contributed by atoms with Gasteiger partial charge in [-0.05, 0) is 60.9 Å². The average molecular weight is 499 g/mol. The lowest BCUT2D eigenvalue weighted by Crippen LogP contribution is -2.45. The smallest absolute Gasteiger partial charge is 0.332 e. The first-order chi connectivity index (χ1) is 16.9. The highest BCUT2D eigenvalue weighted by Crippen LogP contribution is 2.19. The second-order valence-corrected chi connectivity index (χ2v) is 9.82. The third kappa shape index (κ3) is 5.64. The predicted molar refractivity (Wildman–Crippen MR) is 136 cm³/mol. The molecule has 1 aliphatic heterocycles. The van der Waals surface area contributed by atoms with Crippen molar-refractivity contribution in [2.45, 2.75) is 45.7 Å². The maximum absolute atomic E-state index is 13.2. The van der Waals surface area contributed by atoms with E-state index in [1.807, 2.05) is 0 Å². The molecule has 186 valence electrons. The number of anilines is 1. The molecule has 2 aromatic heterocycles. The Balaban J connectivity index is 1.45. The van der Waals surface area contributed by atoms with Crippen LogP contribution in [-0.2, 0) is 22.7 Å². The molecule has 2 amide bonds. The fourth-order valence-electron chi connectivity index (χ4n) is 4.27. The Bertz CT molecular complexity index is 1320. The molecule has 0 saturated carbocycles. The molecule has 0 aliphatic carbocycles. The number of piperidine rings is 1.